The Morgan fingerprint density at radius 2 is 2.32 bits per heavy atom. The number of rotatable bonds is 3. The number of hydrogen-bond acceptors (Lipinski definition) is 4. The molecular formula is C16H20N4O2. The predicted molar refractivity (Wildman–Crippen MR) is 82.1 cm³/mol. The maximum Gasteiger partial charge on any atom is 0.254 e. The monoisotopic (exact) mass is 300 g/mol. The predicted octanol–water partition coefficient (Wildman–Crippen LogP) is 1.70. The second-order valence-corrected chi connectivity index (χ2v) is 5.85. The molecule has 2 heterocycles. The lowest BCUT2D eigenvalue weighted by atomic mass is 9.93. The number of aliphatic hydroxyl groups is 1. The minimum absolute atomic E-state index is 0.00650. The summed E-state index contributed by atoms with van der Waals surface area (Å²) in [5.41, 5.74) is 1.48. The maximum atomic E-state index is 12.8. The molecule has 2 aromatic rings. The van der Waals surface area contributed by atoms with Crippen LogP contribution in [0.25, 0.3) is 11.4 Å². The number of aromatic amines is 1. The summed E-state index contributed by atoms with van der Waals surface area (Å²) in [5, 5.41) is 16.0. The minimum Gasteiger partial charge on any atom is -0.396 e. The van der Waals surface area contributed by atoms with Crippen molar-refractivity contribution in [2.45, 2.75) is 25.8 Å². The molecule has 3 rings (SSSR count). The molecule has 1 saturated heterocycles. The number of aromatic nitrogens is 3. The van der Waals surface area contributed by atoms with Crippen LogP contribution in [0.1, 0.15) is 30.1 Å². The van der Waals surface area contributed by atoms with Crippen molar-refractivity contribution in [3.8, 4) is 11.4 Å². The summed E-state index contributed by atoms with van der Waals surface area (Å²) in [6.45, 7) is 2.81. The van der Waals surface area contributed by atoms with Crippen molar-refractivity contribution < 1.29 is 9.90 Å². The van der Waals surface area contributed by atoms with Gasteiger partial charge in [0.25, 0.3) is 5.91 Å². The van der Waals surface area contributed by atoms with Crippen LogP contribution in [-0.2, 0) is 0 Å². The van der Waals surface area contributed by atoms with Gasteiger partial charge in [0.1, 0.15) is 6.33 Å². The average Bonchev–Trinajstić information content (AvgIpc) is 3.09. The van der Waals surface area contributed by atoms with Crippen molar-refractivity contribution in [2.75, 3.05) is 13.2 Å². The second kappa shape index (κ2) is 6.27. The zero-order chi connectivity index (χ0) is 15.5. The first-order valence-electron chi connectivity index (χ1n) is 7.56. The van der Waals surface area contributed by atoms with Crippen molar-refractivity contribution in [3.63, 3.8) is 0 Å². The lowest BCUT2D eigenvalue weighted by Crippen LogP contribution is -2.46. The van der Waals surface area contributed by atoms with Crippen LogP contribution in [0.4, 0.5) is 0 Å². The zero-order valence-electron chi connectivity index (χ0n) is 12.6. The van der Waals surface area contributed by atoms with E-state index in [0.717, 1.165) is 18.4 Å². The van der Waals surface area contributed by atoms with Crippen LogP contribution in [0, 0.1) is 5.92 Å². The molecule has 0 bridgehead atoms. The Kier molecular flexibility index (Phi) is 4.20. The van der Waals surface area contributed by atoms with E-state index in [2.05, 4.69) is 22.1 Å². The molecule has 6 heteroatoms. The molecule has 1 aliphatic rings. The zero-order valence-corrected chi connectivity index (χ0v) is 12.6. The van der Waals surface area contributed by atoms with Crippen LogP contribution >= 0.6 is 0 Å². The van der Waals surface area contributed by atoms with Crippen LogP contribution in [-0.4, -0.2) is 50.3 Å². The van der Waals surface area contributed by atoms with E-state index in [4.69, 9.17) is 0 Å². The smallest absolute Gasteiger partial charge is 0.254 e. The summed E-state index contributed by atoms with van der Waals surface area (Å²) in [6, 6.07) is 7.59. The van der Waals surface area contributed by atoms with Gasteiger partial charge in [-0.05, 0) is 37.8 Å². The van der Waals surface area contributed by atoms with E-state index < -0.39 is 0 Å². The largest absolute Gasteiger partial charge is 0.396 e. The summed E-state index contributed by atoms with van der Waals surface area (Å²) < 4.78 is 0. The molecule has 0 radical (unpaired) electrons. The molecule has 2 unspecified atom stereocenters. The third-order valence-corrected chi connectivity index (χ3v) is 4.30. The number of amides is 1. The van der Waals surface area contributed by atoms with Crippen LogP contribution in [0.5, 0.6) is 0 Å². The summed E-state index contributed by atoms with van der Waals surface area (Å²) in [7, 11) is 0. The molecule has 6 nitrogen and oxygen atoms in total. The van der Waals surface area contributed by atoms with E-state index in [1.807, 2.05) is 29.2 Å². The van der Waals surface area contributed by atoms with Crippen molar-refractivity contribution in [2.24, 2.45) is 5.92 Å². The van der Waals surface area contributed by atoms with Gasteiger partial charge < -0.3 is 10.0 Å². The van der Waals surface area contributed by atoms with Crippen molar-refractivity contribution in [3.05, 3.63) is 36.2 Å². The Bertz CT molecular complexity index is 641. The van der Waals surface area contributed by atoms with E-state index >= 15 is 0 Å². The molecule has 2 N–H and O–H groups in total. The number of nitrogens with zero attached hydrogens (tertiary/aromatic N) is 3. The molecule has 1 aromatic heterocycles. The van der Waals surface area contributed by atoms with Gasteiger partial charge in [-0.1, -0.05) is 12.1 Å². The summed E-state index contributed by atoms with van der Waals surface area (Å²) in [4.78, 5) is 18.8. The number of aliphatic hydroxyl groups excluding tert-OH is 1. The Balaban J connectivity index is 1.84. The van der Waals surface area contributed by atoms with E-state index in [0.29, 0.717) is 17.9 Å². The number of piperidine rings is 1. The normalized spacial score (nSPS) is 21.8. The average molecular weight is 300 g/mol. The molecule has 0 aliphatic carbocycles. The molecule has 1 fully saturated rings. The van der Waals surface area contributed by atoms with Crippen LogP contribution < -0.4 is 0 Å². The van der Waals surface area contributed by atoms with Gasteiger partial charge in [0.05, 0.1) is 0 Å². The van der Waals surface area contributed by atoms with Gasteiger partial charge in [0.2, 0.25) is 0 Å². The van der Waals surface area contributed by atoms with Gasteiger partial charge in [-0.3, -0.25) is 9.89 Å². The highest BCUT2D eigenvalue weighted by molar-refractivity contribution is 5.95. The van der Waals surface area contributed by atoms with E-state index in [-0.39, 0.29) is 24.5 Å². The molecule has 1 amide bonds. The van der Waals surface area contributed by atoms with Crippen molar-refractivity contribution in [1.82, 2.24) is 20.1 Å². The van der Waals surface area contributed by atoms with E-state index in [1.54, 1.807) is 0 Å². The van der Waals surface area contributed by atoms with Gasteiger partial charge in [-0.15, -0.1) is 0 Å². The number of hydrogen-bond donors (Lipinski definition) is 2. The molecular weight excluding hydrogens is 280 g/mol. The molecule has 116 valence electrons. The number of H-pyrrole nitrogens is 1. The van der Waals surface area contributed by atoms with Gasteiger partial charge in [-0.2, -0.15) is 5.10 Å². The molecule has 2 atom stereocenters. The van der Waals surface area contributed by atoms with Crippen molar-refractivity contribution >= 4 is 5.91 Å². The number of likely N-dealkylation sites (tertiary alicyclic amines) is 1. The fourth-order valence-corrected chi connectivity index (χ4v) is 2.92. The maximum absolute atomic E-state index is 12.8. The number of nitrogens with one attached hydrogen (secondary N) is 1. The van der Waals surface area contributed by atoms with Gasteiger partial charge in [0.15, 0.2) is 5.82 Å². The highest BCUT2D eigenvalue weighted by Gasteiger charge is 2.29. The highest BCUT2D eigenvalue weighted by atomic mass is 16.3. The number of carbonyl (C=O) groups is 1. The number of carbonyl (C=O) groups excluding carboxylic acids is 1. The van der Waals surface area contributed by atoms with E-state index in [1.165, 1.54) is 6.33 Å². The Morgan fingerprint density at radius 3 is 3.05 bits per heavy atom. The van der Waals surface area contributed by atoms with E-state index in [9.17, 15) is 9.90 Å². The lowest BCUT2D eigenvalue weighted by molar-refractivity contribution is 0.0489. The Morgan fingerprint density at radius 1 is 1.45 bits per heavy atom. The fraction of sp³-hybridized carbons (Fsp3) is 0.438. The summed E-state index contributed by atoms with van der Waals surface area (Å²) >= 11 is 0. The lowest BCUT2D eigenvalue weighted by Gasteiger charge is -2.37. The first-order chi connectivity index (χ1) is 10.7. The van der Waals surface area contributed by atoms with Crippen LogP contribution in [0.2, 0.25) is 0 Å². The minimum atomic E-state index is 0.00650. The first kappa shape index (κ1) is 14.7. The SMILES string of the molecule is CC1CCC(CO)CN1C(=O)c1cccc(-c2ncn[nH]2)c1. The van der Waals surface area contributed by atoms with Crippen LogP contribution in [0.3, 0.4) is 0 Å². The quantitative estimate of drug-likeness (QED) is 0.904. The van der Waals surface area contributed by atoms with Gasteiger partial charge >= 0.3 is 0 Å². The third kappa shape index (κ3) is 2.87. The summed E-state index contributed by atoms with van der Waals surface area (Å²) in [5.74, 6) is 0.833. The van der Waals surface area contributed by atoms with Crippen molar-refractivity contribution in [1.29, 1.82) is 0 Å². The Labute approximate surface area is 129 Å². The molecule has 22 heavy (non-hydrogen) atoms. The van der Waals surface area contributed by atoms with Gasteiger partial charge in [-0.25, -0.2) is 4.98 Å². The summed E-state index contributed by atoms with van der Waals surface area (Å²) in [6.07, 6.45) is 3.35. The fourth-order valence-electron chi connectivity index (χ4n) is 2.92. The highest BCUT2D eigenvalue weighted by Crippen LogP contribution is 2.24. The van der Waals surface area contributed by atoms with Crippen LogP contribution in [0.15, 0.2) is 30.6 Å². The number of benzene rings is 1. The van der Waals surface area contributed by atoms with Gasteiger partial charge in [0, 0.05) is 30.3 Å². The third-order valence-electron chi connectivity index (χ3n) is 4.30. The Hall–Kier alpha value is -2.21. The molecule has 0 spiro atoms. The molecule has 0 saturated carbocycles. The second-order valence-electron chi connectivity index (χ2n) is 5.85. The standard InChI is InChI=1S/C16H20N4O2/c1-11-5-6-12(9-21)8-20(11)16(22)14-4-2-3-13(7-14)15-17-10-18-19-15/h2-4,7,10-12,21H,5-6,8-9H2,1H3,(H,17,18,19). The first-order valence-corrected chi connectivity index (χ1v) is 7.56. The molecule has 1 aliphatic heterocycles. The topological polar surface area (TPSA) is 82.1 Å². The molecule has 1 aromatic carbocycles.